The van der Waals surface area contributed by atoms with E-state index in [9.17, 15) is 0 Å². The van der Waals surface area contributed by atoms with Crippen molar-refractivity contribution in [1.29, 1.82) is 0 Å². The zero-order valence-corrected chi connectivity index (χ0v) is 15.9. The topological polar surface area (TPSA) is 62.3 Å². The Labute approximate surface area is 160 Å². The molecule has 0 amide bonds. The van der Waals surface area contributed by atoms with Crippen molar-refractivity contribution in [3.05, 3.63) is 66.4 Å². The van der Waals surface area contributed by atoms with Gasteiger partial charge in [-0.1, -0.05) is 18.2 Å². The van der Waals surface area contributed by atoms with Crippen molar-refractivity contribution in [2.75, 3.05) is 37.8 Å². The maximum absolute atomic E-state index is 5.81. The SMILES string of the molecule is Cc1cc(NCCN(C)C)nc(Nc2ccc(Oc3ccccc3)cc2)n1. The van der Waals surface area contributed by atoms with E-state index in [4.69, 9.17) is 4.74 Å². The quantitative estimate of drug-likeness (QED) is 0.622. The average Bonchev–Trinajstić information content (AvgIpc) is 2.63. The van der Waals surface area contributed by atoms with E-state index in [1.165, 1.54) is 0 Å². The first-order valence-corrected chi connectivity index (χ1v) is 8.93. The van der Waals surface area contributed by atoms with Crippen LogP contribution in [0.15, 0.2) is 60.7 Å². The summed E-state index contributed by atoms with van der Waals surface area (Å²) in [4.78, 5) is 11.1. The van der Waals surface area contributed by atoms with E-state index in [2.05, 4.69) is 25.5 Å². The lowest BCUT2D eigenvalue weighted by Gasteiger charge is -2.12. The van der Waals surface area contributed by atoms with Gasteiger partial charge in [0.25, 0.3) is 0 Å². The number of hydrogen-bond acceptors (Lipinski definition) is 6. The highest BCUT2D eigenvalue weighted by atomic mass is 16.5. The number of nitrogens with one attached hydrogen (secondary N) is 2. The van der Waals surface area contributed by atoms with Gasteiger partial charge in [-0.3, -0.25) is 0 Å². The van der Waals surface area contributed by atoms with Crippen LogP contribution in [0.4, 0.5) is 17.5 Å². The van der Waals surface area contributed by atoms with E-state index in [1.807, 2.05) is 81.7 Å². The summed E-state index contributed by atoms with van der Waals surface area (Å²) in [5.41, 5.74) is 1.81. The van der Waals surface area contributed by atoms with Crippen molar-refractivity contribution in [1.82, 2.24) is 14.9 Å². The number of benzene rings is 2. The van der Waals surface area contributed by atoms with Crippen LogP contribution in [0.5, 0.6) is 11.5 Å². The number of para-hydroxylation sites is 1. The van der Waals surface area contributed by atoms with Gasteiger partial charge in [-0.2, -0.15) is 4.98 Å². The third-order valence-corrected chi connectivity index (χ3v) is 3.81. The van der Waals surface area contributed by atoms with E-state index < -0.39 is 0 Å². The highest BCUT2D eigenvalue weighted by Crippen LogP contribution is 2.24. The van der Waals surface area contributed by atoms with Crippen LogP contribution in [0.2, 0.25) is 0 Å². The van der Waals surface area contributed by atoms with Crippen LogP contribution in [0, 0.1) is 6.92 Å². The summed E-state index contributed by atoms with van der Waals surface area (Å²) in [5, 5.41) is 6.57. The zero-order valence-electron chi connectivity index (χ0n) is 15.9. The fraction of sp³-hybridized carbons (Fsp3) is 0.238. The fourth-order valence-corrected chi connectivity index (χ4v) is 2.48. The van der Waals surface area contributed by atoms with Crippen LogP contribution < -0.4 is 15.4 Å². The van der Waals surface area contributed by atoms with E-state index in [0.29, 0.717) is 5.95 Å². The molecule has 27 heavy (non-hydrogen) atoms. The van der Waals surface area contributed by atoms with Gasteiger partial charge in [0.2, 0.25) is 5.95 Å². The van der Waals surface area contributed by atoms with Crippen LogP contribution in [-0.4, -0.2) is 42.1 Å². The lowest BCUT2D eigenvalue weighted by atomic mass is 10.3. The van der Waals surface area contributed by atoms with Gasteiger partial charge in [-0.25, -0.2) is 4.98 Å². The number of likely N-dealkylation sites (N-methyl/N-ethyl adjacent to an activating group) is 1. The van der Waals surface area contributed by atoms with Crippen molar-refractivity contribution >= 4 is 17.5 Å². The highest BCUT2D eigenvalue weighted by Gasteiger charge is 2.04. The summed E-state index contributed by atoms with van der Waals surface area (Å²) in [6, 6.07) is 19.4. The summed E-state index contributed by atoms with van der Waals surface area (Å²) in [5.74, 6) is 2.98. The van der Waals surface area contributed by atoms with Crippen molar-refractivity contribution in [2.45, 2.75) is 6.92 Å². The molecule has 0 aliphatic heterocycles. The Kier molecular flexibility index (Phi) is 6.22. The maximum Gasteiger partial charge on any atom is 0.229 e. The summed E-state index contributed by atoms with van der Waals surface area (Å²) < 4.78 is 5.81. The minimum absolute atomic E-state index is 0.569. The predicted molar refractivity (Wildman–Crippen MR) is 110 cm³/mol. The molecule has 0 atom stereocenters. The monoisotopic (exact) mass is 363 g/mol. The highest BCUT2D eigenvalue weighted by molar-refractivity contribution is 5.56. The van der Waals surface area contributed by atoms with Gasteiger partial charge < -0.3 is 20.3 Å². The molecule has 0 unspecified atom stereocenters. The second-order valence-corrected chi connectivity index (χ2v) is 6.51. The lowest BCUT2D eigenvalue weighted by Crippen LogP contribution is -2.21. The number of rotatable bonds is 8. The Bertz CT molecular complexity index is 850. The molecule has 0 fully saturated rings. The molecule has 6 heteroatoms. The van der Waals surface area contributed by atoms with Crippen LogP contribution >= 0.6 is 0 Å². The van der Waals surface area contributed by atoms with Gasteiger partial charge in [0, 0.05) is 30.5 Å². The maximum atomic E-state index is 5.81. The van der Waals surface area contributed by atoms with E-state index >= 15 is 0 Å². The molecule has 0 radical (unpaired) electrons. The van der Waals surface area contributed by atoms with Crippen molar-refractivity contribution in [3.63, 3.8) is 0 Å². The first-order valence-electron chi connectivity index (χ1n) is 8.93. The van der Waals surface area contributed by atoms with Gasteiger partial charge >= 0.3 is 0 Å². The van der Waals surface area contributed by atoms with Crippen molar-refractivity contribution in [2.24, 2.45) is 0 Å². The summed E-state index contributed by atoms with van der Waals surface area (Å²) >= 11 is 0. The minimum atomic E-state index is 0.569. The second kappa shape index (κ2) is 9.00. The number of aromatic nitrogens is 2. The summed E-state index contributed by atoms with van der Waals surface area (Å²) in [7, 11) is 4.09. The first-order chi connectivity index (χ1) is 13.1. The molecule has 0 aliphatic carbocycles. The van der Waals surface area contributed by atoms with Crippen molar-refractivity contribution in [3.8, 4) is 11.5 Å². The number of aryl methyl sites for hydroxylation is 1. The number of anilines is 3. The third kappa shape index (κ3) is 5.97. The minimum Gasteiger partial charge on any atom is -0.457 e. The molecule has 6 nitrogen and oxygen atoms in total. The van der Waals surface area contributed by atoms with Gasteiger partial charge in [0.05, 0.1) is 0 Å². The molecule has 1 heterocycles. The Hall–Kier alpha value is -3.12. The standard InChI is InChI=1S/C21H25N5O/c1-16-15-20(22-13-14-26(2)3)25-21(23-16)24-17-9-11-19(12-10-17)27-18-7-5-4-6-8-18/h4-12,15H,13-14H2,1-3H3,(H2,22,23,24,25). The van der Waals surface area contributed by atoms with Crippen LogP contribution in [-0.2, 0) is 0 Å². The molecule has 0 aliphatic rings. The fourth-order valence-electron chi connectivity index (χ4n) is 2.48. The third-order valence-electron chi connectivity index (χ3n) is 3.81. The molecule has 0 saturated carbocycles. The molecule has 0 saturated heterocycles. The van der Waals surface area contributed by atoms with Crippen molar-refractivity contribution < 1.29 is 4.74 Å². The van der Waals surface area contributed by atoms with Gasteiger partial charge in [-0.05, 0) is 57.4 Å². The van der Waals surface area contributed by atoms with Gasteiger partial charge in [-0.15, -0.1) is 0 Å². The molecular formula is C21H25N5O. The second-order valence-electron chi connectivity index (χ2n) is 6.51. The molecule has 0 bridgehead atoms. The van der Waals surface area contributed by atoms with E-state index in [1.54, 1.807) is 0 Å². The Morgan fingerprint density at radius 3 is 2.33 bits per heavy atom. The zero-order chi connectivity index (χ0) is 19.1. The molecule has 0 spiro atoms. The van der Waals surface area contributed by atoms with Crippen LogP contribution in [0.1, 0.15) is 5.69 Å². The average molecular weight is 363 g/mol. The predicted octanol–water partition coefficient (Wildman–Crippen LogP) is 4.29. The van der Waals surface area contributed by atoms with Gasteiger partial charge in [0.15, 0.2) is 0 Å². The smallest absolute Gasteiger partial charge is 0.229 e. The Morgan fingerprint density at radius 1 is 0.926 bits per heavy atom. The lowest BCUT2D eigenvalue weighted by molar-refractivity contribution is 0.425. The van der Waals surface area contributed by atoms with Crippen LogP contribution in [0.3, 0.4) is 0 Å². The molecule has 1 aromatic heterocycles. The Balaban J connectivity index is 1.63. The molecular weight excluding hydrogens is 338 g/mol. The van der Waals surface area contributed by atoms with E-state index in [0.717, 1.165) is 41.8 Å². The summed E-state index contributed by atoms with van der Waals surface area (Å²) in [6.45, 7) is 3.73. The normalized spacial score (nSPS) is 10.7. The number of hydrogen-bond donors (Lipinski definition) is 2. The summed E-state index contributed by atoms with van der Waals surface area (Å²) in [6.07, 6.45) is 0. The molecule has 140 valence electrons. The first kappa shape index (κ1) is 18.7. The molecule has 2 N–H and O–H groups in total. The van der Waals surface area contributed by atoms with Crippen LogP contribution in [0.25, 0.3) is 0 Å². The number of ether oxygens (including phenoxy) is 1. The molecule has 2 aromatic carbocycles. The number of nitrogens with zero attached hydrogens (tertiary/aromatic N) is 3. The largest absolute Gasteiger partial charge is 0.457 e. The molecule has 3 aromatic rings. The molecule has 3 rings (SSSR count). The van der Waals surface area contributed by atoms with E-state index in [-0.39, 0.29) is 0 Å². The van der Waals surface area contributed by atoms with Gasteiger partial charge in [0.1, 0.15) is 17.3 Å². The Morgan fingerprint density at radius 2 is 1.63 bits per heavy atom.